The van der Waals surface area contributed by atoms with E-state index in [-0.39, 0.29) is 0 Å². The number of aliphatic hydroxyl groups excluding tert-OH is 1. The minimum atomic E-state index is 0.298. The van der Waals surface area contributed by atoms with Gasteiger partial charge in [-0.05, 0) is 43.1 Å². The first-order valence-corrected chi connectivity index (χ1v) is 8.93. The number of nitrogens with zero attached hydrogens (tertiary/aromatic N) is 1. The van der Waals surface area contributed by atoms with Crippen LogP contribution in [0.1, 0.15) is 38.2 Å². The lowest BCUT2D eigenvalue weighted by atomic mass is 9.96. The van der Waals surface area contributed by atoms with Crippen molar-refractivity contribution in [2.75, 3.05) is 19.7 Å². The summed E-state index contributed by atoms with van der Waals surface area (Å²) in [5.74, 6) is 1.67. The highest BCUT2D eigenvalue weighted by atomic mass is 16.3. The van der Waals surface area contributed by atoms with Gasteiger partial charge in [-0.2, -0.15) is 0 Å². The topological polar surface area (TPSA) is 35.5 Å². The average Bonchev–Trinajstić information content (AvgIpc) is 3.09. The van der Waals surface area contributed by atoms with Gasteiger partial charge in [-0.3, -0.25) is 4.90 Å². The van der Waals surface area contributed by atoms with Crippen molar-refractivity contribution >= 4 is 0 Å². The lowest BCUT2D eigenvalue weighted by Gasteiger charge is -2.26. The number of aliphatic hydroxyl groups is 1. The van der Waals surface area contributed by atoms with Gasteiger partial charge in [0.15, 0.2) is 0 Å². The van der Waals surface area contributed by atoms with Crippen LogP contribution in [0.4, 0.5) is 0 Å². The molecule has 22 heavy (non-hydrogen) atoms. The molecule has 3 nitrogen and oxygen atoms in total. The fraction of sp³-hybridized carbons (Fsp3) is 0.684. The van der Waals surface area contributed by atoms with Crippen LogP contribution in [0.25, 0.3) is 0 Å². The minimum Gasteiger partial charge on any atom is -0.396 e. The van der Waals surface area contributed by atoms with Crippen molar-refractivity contribution in [3.8, 4) is 0 Å². The van der Waals surface area contributed by atoms with Crippen LogP contribution in [0.3, 0.4) is 0 Å². The Kier molecular flexibility index (Phi) is 5.51. The Morgan fingerprint density at radius 2 is 2.05 bits per heavy atom. The van der Waals surface area contributed by atoms with Crippen LogP contribution in [0, 0.1) is 11.8 Å². The lowest BCUT2D eigenvalue weighted by molar-refractivity contribution is 0.239. The zero-order chi connectivity index (χ0) is 15.4. The molecule has 4 unspecified atom stereocenters. The molecule has 3 heteroatoms. The van der Waals surface area contributed by atoms with E-state index in [9.17, 15) is 5.11 Å². The Hall–Kier alpha value is -0.900. The lowest BCUT2D eigenvalue weighted by Crippen LogP contribution is -2.42. The van der Waals surface area contributed by atoms with Crippen molar-refractivity contribution in [3.05, 3.63) is 35.9 Å². The molecule has 2 fully saturated rings. The second-order valence-electron chi connectivity index (χ2n) is 7.07. The second-order valence-corrected chi connectivity index (χ2v) is 7.07. The number of nitrogens with one attached hydrogen (secondary N) is 1. The van der Waals surface area contributed by atoms with Crippen molar-refractivity contribution < 1.29 is 5.11 Å². The molecule has 3 rings (SSSR count). The van der Waals surface area contributed by atoms with Gasteiger partial charge in [-0.25, -0.2) is 0 Å². The number of rotatable bonds is 7. The molecule has 1 aromatic rings. The summed E-state index contributed by atoms with van der Waals surface area (Å²) in [4.78, 5) is 2.63. The van der Waals surface area contributed by atoms with Gasteiger partial charge in [-0.15, -0.1) is 0 Å². The molecule has 1 aromatic carbocycles. The third-order valence-corrected chi connectivity index (χ3v) is 5.60. The van der Waals surface area contributed by atoms with Crippen LogP contribution in [0.5, 0.6) is 0 Å². The largest absolute Gasteiger partial charge is 0.396 e. The number of benzene rings is 1. The Balaban J connectivity index is 1.54. The maximum absolute atomic E-state index is 9.19. The van der Waals surface area contributed by atoms with Crippen molar-refractivity contribution in [2.24, 2.45) is 11.8 Å². The molecular weight excluding hydrogens is 272 g/mol. The predicted octanol–water partition coefficient (Wildman–Crippen LogP) is 2.65. The van der Waals surface area contributed by atoms with Crippen LogP contribution in [-0.2, 0) is 6.54 Å². The molecule has 0 radical (unpaired) electrons. The first-order chi connectivity index (χ1) is 10.8. The SMILES string of the molecule is CCC(CCO)NC1CCC2CN(Cc3ccccc3)CC21. The number of likely N-dealkylation sites (tertiary alicyclic amines) is 1. The molecule has 122 valence electrons. The summed E-state index contributed by atoms with van der Waals surface area (Å²) in [6, 6.07) is 12.0. The monoisotopic (exact) mass is 302 g/mol. The zero-order valence-corrected chi connectivity index (χ0v) is 13.7. The van der Waals surface area contributed by atoms with E-state index in [0.29, 0.717) is 18.7 Å². The summed E-state index contributed by atoms with van der Waals surface area (Å²) < 4.78 is 0. The predicted molar refractivity (Wildman–Crippen MR) is 90.6 cm³/mol. The van der Waals surface area contributed by atoms with Gasteiger partial charge in [0.25, 0.3) is 0 Å². The zero-order valence-electron chi connectivity index (χ0n) is 13.7. The summed E-state index contributed by atoms with van der Waals surface area (Å²) in [6.45, 7) is 6.10. The summed E-state index contributed by atoms with van der Waals surface area (Å²) in [6.07, 6.45) is 4.68. The second kappa shape index (κ2) is 7.58. The number of fused-ring (bicyclic) bond motifs is 1. The fourth-order valence-corrected chi connectivity index (χ4v) is 4.40. The van der Waals surface area contributed by atoms with Crippen LogP contribution in [0.15, 0.2) is 30.3 Å². The molecule has 1 heterocycles. The van der Waals surface area contributed by atoms with E-state index in [2.05, 4.69) is 47.5 Å². The summed E-state index contributed by atoms with van der Waals surface area (Å²) >= 11 is 0. The van der Waals surface area contributed by atoms with Gasteiger partial charge in [0.2, 0.25) is 0 Å². The van der Waals surface area contributed by atoms with E-state index >= 15 is 0 Å². The average molecular weight is 302 g/mol. The molecule has 2 aliphatic rings. The molecule has 0 amide bonds. The van der Waals surface area contributed by atoms with E-state index in [1.807, 2.05) is 0 Å². The molecule has 1 aliphatic heterocycles. The van der Waals surface area contributed by atoms with E-state index < -0.39 is 0 Å². The maximum atomic E-state index is 9.19. The Bertz CT molecular complexity index is 450. The van der Waals surface area contributed by atoms with Crippen molar-refractivity contribution in [3.63, 3.8) is 0 Å². The maximum Gasteiger partial charge on any atom is 0.0445 e. The molecule has 1 saturated heterocycles. The quantitative estimate of drug-likeness (QED) is 0.813. The molecular formula is C19H30N2O. The molecule has 2 N–H and O–H groups in total. The van der Waals surface area contributed by atoms with Gasteiger partial charge in [0.05, 0.1) is 0 Å². The summed E-state index contributed by atoms with van der Waals surface area (Å²) in [7, 11) is 0. The first kappa shape index (κ1) is 16.0. The van der Waals surface area contributed by atoms with Crippen LogP contribution >= 0.6 is 0 Å². The number of hydrogen-bond acceptors (Lipinski definition) is 3. The first-order valence-electron chi connectivity index (χ1n) is 8.93. The summed E-state index contributed by atoms with van der Waals surface area (Å²) in [5.41, 5.74) is 1.43. The smallest absolute Gasteiger partial charge is 0.0445 e. The van der Waals surface area contributed by atoms with Crippen LogP contribution < -0.4 is 5.32 Å². The Morgan fingerprint density at radius 3 is 2.77 bits per heavy atom. The van der Waals surface area contributed by atoms with E-state index in [4.69, 9.17) is 0 Å². The van der Waals surface area contributed by atoms with Crippen molar-refractivity contribution in [1.29, 1.82) is 0 Å². The third kappa shape index (κ3) is 3.70. The molecule has 1 aliphatic carbocycles. The Morgan fingerprint density at radius 1 is 1.23 bits per heavy atom. The molecule has 0 aromatic heterocycles. The van der Waals surface area contributed by atoms with Gasteiger partial charge in [0.1, 0.15) is 0 Å². The summed E-state index contributed by atoms with van der Waals surface area (Å²) in [5, 5.41) is 13.0. The van der Waals surface area contributed by atoms with Crippen molar-refractivity contribution in [1.82, 2.24) is 10.2 Å². The molecule has 0 spiro atoms. The van der Waals surface area contributed by atoms with Crippen LogP contribution in [-0.4, -0.2) is 41.8 Å². The highest BCUT2D eigenvalue weighted by Crippen LogP contribution is 2.39. The normalized spacial score (nSPS) is 29.6. The standard InChI is InChI=1S/C19H30N2O/c1-2-17(10-11-22)20-19-9-8-16-13-21(14-18(16)19)12-15-6-4-3-5-7-15/h3-7,16-20,22H,2,8-14H2,1H3. The van der Waals surface area contributed by atoms with E-state index in [1.165, 1.54) is 31.5 Å². The van der Waals surface area contributed by atoms with Crippen LogP contribution in [0.2, 0.25) is 0 Å². The molecule has 4 atom stereocenters. The van der Waals surface area contributed by atoms with E-state index in [0.717, 1.165) is 31.2 Å². The van der Waals surface area contributed by atoms with Gasteiger partial charge in [0, 0.05) is 38.3 Å². The van der Waals surface area contributed by atoms with Gasteiger partial charge < -0.3 is 10.4 Å². The fourth-order valence-electron chi connectivity index (χ4n) is 4.40. The highest BCUT2D eigenvalue weighted by molar-refractivity contribution is 5.15. The highest BCUT2D eigenvalue weighted by Gasteiger charge is 2.42. The van der Waals surface area contributed by atoms with Gasteiger partial charge in [-0.1, -0.05) is 37.3 Å². The number of hydrogen-bond donors (Lipinski definition) is 2. The molecule has 1 saturated carbocycles. The van der Waals surface area contributed by atoms with E-state index in [1.54, 1.807) is 0 Å². The van der Waals surface area contributed by atoms with Crippen molar-refractivity contribution in [2.45, 2.75) is 51.2 Å². The molecule has 0 bridgehead atoms. The van der Waals surface area contributed by atoms with Gasteiger partial charge >= 0.3 is 0 Å². The third-order valence-electron chi connectivity index (χ3n) is 5.60. The minimum absolute atomic E-state index is 0.298. The Labute approximate surface area is 134 Å².